The standard InChI is InChI=1S/C13H13NO4/c1-2-3-8-12(15)14-10-6-4-5-7-11(10)18-9-13(16)17/h1,4-7H,3,8-9H2,(H,14,15)(H,16,17). The Morgan fingerprint density at radius 1 is 1.39 bits per heavy atom. The van der Waals surface area contributed by atoms with Crippen LogP contribution < -0.4 is 10.1 Å². The van der Waals surface area contributed by atoms with E-state index in [2.05, 4.69) is 11.2 Å². The monoisotopic (exact) mass is 247 g/mol. The number of hydrogen-bond donors (Lipinski definition) is 2. The summed E-state index contributed by atoms with van der Waals surface area (Å²) in [5, 5.41) is 11.1. The molecule has 0 bridgehead atoms. The number of carbonyl (C=O) groups is 2. The predicted molar refractivity (Wildman–Crippen MR) is 66.3 cm³/mol. The predicted octanol–water partition coefficient (Wildman–Crippen LogP) is 1.50. The Morgan fingerprint density at radius 3 is 2.78 bits per heavy atom. The van der Waals surface area contributed by atoms with Gasteiger partial charge in [-0.1, -0.05) is 12.1 Å². The van der Waals surface area contributed by atoms with Crippen molar-refractivity contribution in [3.8, 4) is 18.1 Å². The number of amides is 1. The lowest BCUT2D eigenvalue weighted by Crippen LogP contribution is -2.14. The van der Waals surface area contributed by atoms with Gasteiger partial charge in [0.15, 0.2) is 6.61 Å². The van der Waals surface area contributed by atoms with Crippen LogP contribution >= 0.6 is 0 Å². The highest BCUT2D eigenvalue weighted by Gasteiger charge is 2.08. The summed E-state index contributed by atoms with van der Waals surface area (Å²) in [6, 6.07) is 6.61. The van der Waals surface area contributed by atoms with Crippen LogP contribution in [0, 0.1) is 12.3 Å². The second kappa shape index (κ2) is 6.97. The fraction of sp³-hybridized carbons (Fsp3) is 0.231. The zero-order chi connectivity index (χ0) is 13.4. The van der Waals surface area contributed by atoms with E-state index in [-0.39, 0.29) is 12.3 Å². The van der Waals surface area contributed by atoms with Crippen molar-refractivity contribution in [1.29, 1.82) is 0 Å². The first-order valence-corrected chi connectivity index (χ1v) is 5.30. The molecule has 0 saturated heterocycles. The quantitative estimate of drug-likeness (QED) is 0.747. The van der Waals surface area contributed by atoms with E-state index < -0.39 is 12.6 Å². The van der Waals surface area contributed by atoms with Crippen LogP contribution in [-0.4, -0.2) is 23.6 Å². The zero-order valence-corrected chi connectivity index (χ0v) is 9.68. The molecule has 0 heterocycles. The Bertz CT molecular complexity index is 476. The van der Waals surface area contributed by atoms with Crippen LogP contribution in [0.3, 0.4) is 0 Å². The minimum Gasteiger partial charge on any atom is -0.480 e. The maximum atomic E-state index is 11.5. The minimum absolute atomic E-state index is 0.212. The normalized spacial score (nSPS) is 9.28. The highest BCUT2D eigenvalue weighted by atomic mass is 16.5. The molecule has 94 valence electrons. The number of ether oxygens (including phenoxy) is 1. The molecule has 0 aliphatic carbocycles. The molecule has 0 atom stereocenters. The molecule has 1 aromatic carbocycles. The first-order chi connectivity index (χ1) is 8.63. The molecule has 5 heteroatoms. The third kappa shape index (κ3) is 4.58. The lowest BCUT2D eigenvalue weighted by atomic mass is 10.2. The first kappa shape index (κ1) is 13.6. The van der Waals surface area contributed by atoms with Crippen LogP contribution in [0.4, 0.5) is 5.69 Å². The average Bonchev–Trinajstić information content (AvgIpc) is 2.35. The van der Waals surface area contributed by atoms with Gasteiger partial charge in [0.2, 0.25) is 5.91 Å². The number of anilines is 1. The number of para-hydroxylation sites is 2. The van der Waals surface area contributed by atoms with Crippen LogP contribution in [0.2, 0.25) is 0 Å². The number of nitrogens with one attached hydrogen (secondary N) is 1. The topological polar surface area (TPSA) is 75.6 Å². The van der Waals surface area contributed by atoms with E-state index >= 15 is 0 Å². The summed E-state index contributed by atoms with van der Waals surface area (Å²) < 4.78 is 5.05. The second-order valence-electron chi connectivity index (χ2n) is 3.43. The van der Waals surface area contributed by atoms with Gasteiger partial charge < -0.3 is 15.2 Å². The third-order valence-electron chi connectivity index (χ3n) is 2.01. The van der Waals surface area contributed by atoms with Gasteiger partial charge in [0.05, 0.1) is 5.69 Å². The second-order valence-corrected chi connectivity index (χ2v) is 3.43. The summed E-state index contributed by atoms with van der Waals surface area (Å²) >= 11 is 0. The fourth-order valence-electron chi connectivity index (χ4n) is 1.23. The van der Waals surface area contributed by atoms with E-state index in [0.29, 0.717) is 17.9 Å². The van der Waals surface area contributed by atoms with E-state index in [1.807, 2.05) is 0 Å². The van der Waals surface area contributed by atoms with E-state index in [1.165, 1.54) is 0 Å². The summed E-state index contributed by atoms with van der Waals surface area (Å²) in [6.45, 7) is -0.461. The zero-order valence-electron chi connectivity index (χ0n) is 9.68. The summed E-state index contributed by atoms with van der Waals surface area (Å²) in [6.07, 6.45) is 5.62. The number of carboxylic acid groups (broad SMARTS) is 1. The maximum absolute atomic E-state index is 11.5. The Kier molecular flexibility index (Phi) is 5.26. The highest BCUT2D eigenvalue weighted by Crippen LogP contribution is 2.23. The highest BCUT2D eigenvalue weighted by molar-refractivity contribution is 5.92. The number of aliphatic carboxylic acids is 1. The van der Waals surface area contributed by atoms with Gasteiger partial charge in [0.25, 0.3) is 0 Å². The van der Waals surface area contributed by atoms with Crippen molar-refractivity contribution in [2.45, 2.75) is 12.8 Å². The van der Waals surface area contributed by atoms with Crippen molar-refractivity contribution in [2.75, 3.05) is 11.9 Å². The lowest BCUT2D eigenvalue weighted by Gasteiger charge is -2.10. The fourth-order valence-corrected chi connectivity index (χ4v) is 1.23. The number of benzene rings is 1. The van der Waals surface area contributed by atoms with Crippen molar-refractivity contribution in [3.63, 3.8) is 0 Å². The van der Waals surface area contributed by atoms with Crippen molar-refractivity contribution in [2.24, 2.45) is 0 Å². The maximum Gasteiger partial charge on any atom is 0.341 e. The molecule has 0 aromatic heterocycles. The number of rotatable bonds is 6. The molecule has 1 amide bonds. The Morgan fingerprint density at radius 2 is 2.11 bits per heavy atom. The number of carbonyl (C=O) groups excluding carboxylic acids is 1. The summed E-state index contributed by atoms with van der Waals surface area (Å²) in [5.74, 6) is 1.37. The smallest absolute Gasteiger partial charge is 0.341 e. The largest absolute Gasteiger partial charge is 0.480 e. The van der Waals surface area contributed by atoms with Gasteiger partial charge in [-0.25, -0.2) is 4.79 Å². The molecular weight excluding hydrogens is 234 g/mol. The summed E-state index contributed by atoms with van der Waals surface area (Å²) in [4.78, 5) is 21.9. The Balaban J connectivity index is 2.67. The third-order valence-corrected chi connectivity index (χ3v) is 2.01. The molecule has 2 N–H and O–H groups in total. The molecule has 0 aliphatic heterocycles. The molecule has 0 fully saturated rings. The molecule has 18 heavy (non-hydrogen) atoms. The van der Waals surface area contributed by atoms with Crippen molar-refractivity contribution >= 4 is 17.6 Å². The molecule has 1 aromatic rings. The molecule has 0 spiro atoms. The lowest BCUT2D eigenvalue weighted by molar-refractivity contribution is -0.139. The van der Waals surface area contributed by atoms with Crippen molar-refractivity contribution in [1.82, 2.24) is 0 Å². The van der Waals surface area contributed by atoms with Crippen LogP contribution in [0.5, 0.6) is 5.75 Å². The van der Waals surface area contributed by atoms with Gasteiger partial charge in [0.1, 0.15) is 5.75 Å². The average molecular weight is 247 g/mol. The van der Waals surface area contributed by atoms with Crippen molar-refractivity contribution < 1.29 is 19.4 Å². The van der Waals surface area contributed by atoms with Gasteiger partial charge in [0, 0.05) is 12.8 Å². The number of hydrogen-bond acceptors (Lipinski definition) is 3. The van der Waals surface area contributed by atoms with Gasteiger partial charge in [-0.15, -0.1) is 12.3 Å². The number of terminal acetylenes is 1. The summed E-state index contributed by atoms with van der Waals surface area (Å²) in [7, 11) is 0. The van der Waals surface area contributed by atoms with Gasteiger partial charge in [-0.3, -0.25) is 4.79 Å². The van der Waals surface area contributed by atoms with E-state index in [9.17, 15) is 9.59 Å². The van der Waals surface area contributed by atoms with Crippen molar-refractivity contribution in [3.05, 3.63) is 24.3 Å². The Hall–Kier alpha value is -2.48. The molecule has 0 aliphatic rings. The molecule has 5 nitrogen and oxygen atoms in total. The Labute approximate surface area is 105 Å². The van der Waals surface area contributed by atoms with E-state index in [1.54, 1.807) is 24.3 Å². The molecule has 0 saturated carbocycles. The minimum atomic E-state index is -1.08. The SMILES string of the molecule is C#CCCC(=O)Nc1ccccc1OCC(=O)O. The molecular formula is C13H13NO4. The van der Waals surface area contributed by atoms with Crippen LogP contribution in [0.25, 0.3) is 0 Å². The van der Waals surface area contributed by atoms with Gasteiger partial charge in [-0.2, -0.15) is 0 Å². The van der Waals surface area contributed by atoms with E-state index in [0.717, 1.165) is 0 Å². The van der Waals surface area contributed by atoms with Crippen LogP contribution in [0.15, 0.2) is 24.3 Å². The molecule has 0 unspecified atom stereocenters. The first-order valence-electron chi connectivity index (χ1n) is 5.30. The molecule has 1 rings (SSSR count). The number of carboxylic acids is 1. The van der Waals surface area contributed by atoms with E-state index in [4.69, 9.17) is 16.3 Å². The van der Waals surface area contributed by atoms with Gasteiger partial charge in [-0.05, 0) is 12.1 Å². The summed E-state index contributed by atoms with van der Waals surface area (Å²) in [5.41, 5.74) is 0.431. The van der Waals surface area contributed by atoms with Crippen LogP contribution in [0.1, 0.15) is 12.8 Å². The van der Waals surface area contributed by atoms with Crippen LogP contribution in [-0.2, 0) is 9.59 Å². The molecule has 0 radical (unpaired) electrons. The van der Waals surface area contributed by atoms with Gasteiger partial charge >= 0.3 is 5.97 Å².